The van der Waals surface area contributed by atoms with Crippen LogP contribution in [0.2, 0.25) is 0 Å². The molecule has 0 unspecified atom stereocenters. The van der Waals surface area contributed by atoms with Crippen LogP contribution < -0.4 is 27.8 Å². The van der Waals surface area contributed by atoms with Crippen molar-refractivity contribution >= 4 is 47.6 Å². The predicted molar refractivity (Wildman–Crippen MR) is 103 cm³/mol. The topological polar surface area (TPSA) is 187 Å². The third-order valence-corrected chi connectivity index (χ3v) is 3.32. The van der Waals surface area contributed by atoms with E-state index in [9.17, 15) is 9.59 Å². The molecule has 0 radical (unpaired) electrons. The lowest BCUT2D eigenvalue weighted by Gasteiger charge is -2.13. The van der Waals surface area contributed by atoms with Crippen molar-refractivity contribution in [1.82, 2.24) is 9.97 Å². The number of anilines is 3. The number of carbonyl (C=O) groups excluding carboxylic acids is 2. The third-order valence-electron chi connectivity index (χ3n) is 3.32. The van der Waals surface area contributed by atoms with Crippen molar-refractivity contribution in [1.29, 1.82) is 0 Å². The van der Waals surface area contributed by atoms with Crippen LogP contribution in [-0.4, -0.2) is 40.5 Å². The number of nitrogens with one attached hydrogen (secondary N) is 2. The molecule has 2 rings (SSSR count). The lowest BCUT2D eigenvalue weighted by molar-refractivity contribution is -0.118. The fourth-order valence-corrected chi connectivity index (χ4v) is 1.90. The van der Waals surface area contributed by atoms with Gasteiger partial charge in [0, 0.05) is 11.9 Å². The van der Waals surface area contributed by atoms with E-state index < -0.39 is 17.9 Å². The second-order valence-electron chi connectivity index (χ2n) is 5.30. The van der Waals surface area contributed by atoms with E-state index in [-0.39, 0.29) is 17.3 Å². The number of aromatic nitrogens is 2. The van der Waals surface area contributed by atoms with Crippen LogP contribution in [0.5, 0.6) is 0 Å². The summed E-state index contributed by atoms with van der Waals surface area (Å²) in [6.45, 7) is 1.56. The fraction of sp³-hybridized carbons (Fsp3) is 0.125. The summed E-state index contributed by atoms with van der Waals surface area (Å²) in [4.78, 5) is 38.7. The zero-order chi connectivity index (χ0) is 19.8. The number of hydrogen-bond acceptors (Lipinski definition) is 7. The van der Waals surface area contributed by atoms with Gasteiger partial charge in [-0.1, -0.05) is 0 Å². The van der Waals surface area contributed by atoms with Gasteiger partial charge in [-0.3, -0.25) is 9.59 Å². The second kappa shape index (κ2) is 8.89. The molecule has 0 aliphatic rings. The van der Waals surface area contributed by atoms with Gasteiger partial charge in [-0.25, -0.2) is 15.0 Å². The molecule has 0 saturated heterocycles. The van der Waals surface area contributed by atoms with Crippen LogP contribution in [-0.2, 0) is 4.79 Å². The van der Waals surface area contributed by atoms with Gasteiger partial charge in [0.05, 0.1) is 12.0 Å². The molecule has 0 aliphatic heterocycles. The molecule has 1 aromatic carbocycles. The minimum atomic E-state index is -0.701. The van der Waals surface area contributed by atoms with E-state index in [1.54, 1.807) is 31.2 Å². The quantitative estimate of drug-likeness (QED) is 0.326. The average Bonchev–Trinajstić information content (AvgIpc) is 2.63. The van der Waals surface area contributed by atoms with Gasteiger partial charge in [0.15, 0.2) is 0 Å². The molecule has 0 bridgehead atoms. The maximum atomic E-state index is 11.6. The van der Waals surface area contributed by atoms with Gasteiger partial charge in [-0.2, -0.15) is 4.98 Å². The number of benzene rings is 1. The zero-order valence-corrected chi connectivity index (χ0v) is 14.5. The standard InChI is InChI=1S/C16H19N9O2/c1-9(13(18)26)23-16-21-6-12(14(19)27)15(25-16)24-11-4-2-10(3-5-11)22-8-20-7-17/h2-9H,1H3,(H2,18,26)(H2,19,27)(H2,17,20,22)(H2,21,23,24,25)/t9-/m1/s1. The number of hydrogen-bond donors (Lipinski definition) is 5. The first-order valence-corrected chi connectivity index (χ1v) is 7.76. The Morgan fingerprint density at radius 3 is 2.52 bits per heavy atom. The number of amides is 2. The average molecular weight is 369 g/mol. The molecule has 8 N–H and O–H groups in total. The molecule has 27 heavy (non-hydrogen) atoms. The van der Waals surface area contributed by atoms with Crippen LogP contribution in [0, 0.1) is 0 Å². The predicted octanol–water partition coefficient (Wildman–Crippen LogP) is 0.252. The van der Waals surface area contributed by atoms with Crippen LogP contribution in [0.15, 0.2) is 40.4 Å². The van der Waals surface area contributed by atoms with Crippen LogP contribution in [0.1, 0.15) is 17.3 Å². The van der Waals surface area contributed by atoms with Gasteiger partial charge in [0.2, 0.25) is 11.9 Å². The van der Waals surface area contributed by atoms with Crippen LogP contribution >= 0.6 is 0 Å². The maximum Gasteiger partial charge on any atom is 0.254 e. The second-order valence-corrected chi connectivity index (χ2v) is 5.30. The number of carbonyl (C=O) groups is 2. The Hall–Kier alpha value is -4.02. The molecule has 11 nitrogen and oxygen atoms in total. The van der Waals surface area contributed by atoms with Gasteiger partial charge in [-0.15, -0.1) is 0 Å². The van der Waals surface area contributed by atoms with E-state index in [0.29, 0.717) is 11.4 Å². The SMILES string of the molecule is C[C@@H](Nc1ncc(C(N)=O)c(Nc2ccc(N=CN=CN)cc2)n1)C(N)=O. The number of rotatable bonds is 8. The molecule has 140 valence electrons. The number of nitrogens with two attached hydrogens (primary N) is 3. The highest BCUT2D eigenvalue weighted by Gasteiger charge is 2.15. The molecule has 0 aliphatic carbocycles. The van der Waals surface area contributed by atoms with Crippen molar-refractivity contribution in [2.45, 2.75) is 13.0 Å². The molecule has 2 aromatic rings. The summed E-state index contributed by atoms with van der Waals surface area (Å²) in [6, 6.07) is 6.22. The Morgan fingerprint density at radius 1 is 1.22 bits per heavy atom. The summed E-state index contributed by atoms with van der Waals surface area (Å²) < 4.78 is 0. The minimum absolute atomic E-state index is 0.0895. The number of primary amides is 2. The van der Waals surface area contributed by atoms with E-state index in [0.717, 1.165) is 6.34 Å². The van der Waals surface area contributed by atoms with E-state index in [2.05, 4.69) is 30.6 Å². The number of aliphatic imine (C=N–C) groups is 2. The zero-order valence-electron chi connectivity index (χ0n) is 14.5. The molecule has 1 aromatic heterocycles. The highest BCUT2D eigenvalue weighted by molar-refractivity contribution is 5.98. The Labute approximate surface area is 154 Å². The Kier molecular flexibility index (Phi) is 6.36. The molecule has 2 amide bonds. The Morgan fingerprint density at radius 2 is 1.93 bits per heavy atom. The molecular formula is C16H19N9O2. The van der Waals surface area contributed by atoms with E-state index in [1.165, 1.54) is 12.5 Å². The monoisotopic (exact) mass is 369 g/mol. The molecular weight excluding hydrogens is 350 g/mol. The van der Waals surface area contributed by atoms with Crippen molar-refractivity contribution in [3.63, 3.8) is 0 Å². The van der Waals surface area contributed by atoms with Gasteiger partial charge in [-0.05, 0) is 31.2 Å². The maximum absolute atomic E-state index is 11.6. The smallest absolute Gasteiger partial charge is 0.254 e. The summed E-state index contributed by atoms with van der Waals surface area (Å²) in [6.07, 6.45) is 3.71. The first-order valence-electron chi connectivity index (χ1n) is 7.76. The highest BCUT2D eigenvalue weighted by Crippen LogP contribution is 2.22. The van der Waals surface area contributed by atoms with Crippen molar-refractivity contribution in [2.75, 3.05) is 10.6 Å². The molecule has 0 spiro atoms. The normalized spacial score (nSPS) is 12.2. The van der Waals surface area contributed by atoms with Crippen LogP contribution in [0.3, 0.4) is 0 Å². The summed E-state index contributed by atoms with van der Waals surface area (Å²) in [7, 11) is 0. The molecule has 0 fully saturated rings. The minimum Gasteiger partial charge on any atom is -0.390 e. The largest absolute Gasteiger partial charge is 0.390 e. The van der Waals surface area contributed by atoms with Crippen LogP contribution in [0.25, 0.3) is 0 Å². The molecule has 1 atom stereocenters. The Balaban J connectivity index is 2.24. The molecule has 11 heteroatoms. The third kappa shape index (κ3) is 5.49. The lowest BCUT2D eigenvalue weighted by Crippen LogP contribution is -2.33. The summed E-state index contributed by atoms with van der Waals surface area (Å²) in [5.41, 5.74) is 17.1. The molecule has 1 heterocycles. The van der Waals surface area contributed by atoms with Gasteiger partial charge in [0.25, 0.3) is 5.91 Å². The first-order chi connectivity index (χ1) is 12.9. The van der Waals surface area contributed by atoms with E-state index in [4.69, 9.17) is 17.2 Å². The van der Waals surface area contributed by atoms with Crippen LogP contribution in [0.4, 0.5) is 23.1 Å². The Bertz CT molecular complexity index is 878. The van der Waals surface area contributed by atoms with Crippen molar-refractivity contribution in [3.8, 4) is 0 Å². The lowest BCUT2D eigenvalue weighted by atomic mass is 10.2. The van der Waals surface area contributed by atoms with Gasteiger partial charge in [0.1, 0.15) is 23.8 Å². The van der Waals surface area contributed by atoms with E-state index in [1.807, 2.05) is 0 Å². The van der Waals surface area contributed by atoms with Crippen molar-refractivity contribution in [3.05, 3.63) is 36.0 Å². The highest BCUT2D eigenvalue weighted by atomic mass is 16.1. The summed E-state index contributed by atoms with van der Waals surface area (Å²) in [5.74, 6) is -0.967. The van der Waals surface area contributed by atoms with Crippen molar-refractivity contribution < 1.29 is 9.59 Å². The van der Waals surface area contributed by atoms with Crippen molar-refractivity contribution in [2.24, 2.45) is 27.2 Å². The molecule has 0 saturated carbocycles. The number of nitrogens with zero attached hydrogens (tertiary/aromatic N) is 4. The summed E-state index contributed by atoms with van der Waals surface area (Å²) >= 11 is 0. The fourth-order valence-electron chi connectivity index (χ4n) is 1.90. The van der Waals surface area contributed by atoms with E-state index >= 15 is 0 Å². The van der Waals surface area contributed by atoms with Gasteiger partial charge >= 0.3 is 0 Å². The summed E-state index contributed by atoms with van der Waals surface area (Å²) in [5, 5.41) is 5.72. The van der Waals surface area contributed by atoms with Gasteiger partial charge < -0.3 is 27.8 Å². The first kappa shape index (κ1) is 19.3.